The van der Waals surface area contributed by atoms with Crippen molar-refractivity contribution in [3.05, 3.63) is 35.9 Å². The Morgan fingerprint density at radius 2 is 1.94 bits per heavy atom. The lowest BCUT2D eigenvalue weighted by atomic mass is 10.0. The smallest absolute Gasteiger partial charge is 0.367 e. The summed E-state index contributed by atoms with van der Waals surface area (Å²) in [5.41, 5.74) is 0.899. The molecule has 86 valence electrons. The van der Waals surface area contributed by atoms with E-state index in [0.717, 1.165) is 5.56 Å². The highest BCUT2D eigenvalue weighted by Crippen LogP contribution is 2.24. The number of aliphatic carboxylic acids is 1. The van der Waals surface area contributed by atoms with Crippen LogP contribution in [-0.4, -0.2) is 28.7 Å². The van der Waals surface area contributed by atoms with Crippen molar-refractivity contribution in [2.45, 2.75) is 6.42 Å². The molecule has 4 nitrogen and oxygen atoms in total. The summed E-state index contributed by atoms with van der Waals surface area (Å²) < 4.78 is 11.2. The number of carboxylic acids is 1. The van der Waals surface area contributed by atoms with E-state index in [-0.39, 0.29) is 6.16 Å². The summed E-state index contributed by atoms with van der Waals surface area (Å²) in [6, 6.07) is 9.19. The van der Waals surface area contributed by atoms with Crippen molar-refractivity contribution < 1.29 is 19.6 Å². The molecule has 1 rings (SSSR count). The maximum absolute atomic E-state index is 11.2. The number of carbonyl (C=O) groups is 1. The van der Waals surface area contributed by atoms with E-state index in [1.165, 1.54) is 0 Å². The van der Waals surface area contributed by atoms with Crippen LogP contribution in [0.1, 0.15) is 5.56 Å². The molecule has 5 heteroatoms. The normalized spacial score (nSPS) is 13.2. The summed E-state index contributed by atoms with van der Waals surface area (Å²) in [5.74, 6) is -1.67. The van der Waals surface area contributed by atoms with Crippen molar-refractivity contribution in [1.82, 2.24) is 0 Å². The SMILES string of the molecule is O=C(O)C(Cc1ccccc1)C[P+](=O)CO. The first-order valence-corrected chi connectivity index (χ1v) is 6.56. The maximum Gasteiger partial charge on any atom is 0.367 e. The Morgan fingerprint density at radius 1 is 1.31 bits per heavy atom. The number of benzene rings is 1. The summed E-state index contributed by atoms with van der Waals surface area (Å²) in [5, 5.41) is 17.6. The minimum Gasteiger partial charge on any atom is -0.481 e. The third-order valence-corrected chi connectivity index (χ3v) is 3.42. The van der Waals surface area contributed by atoms with Gasteiger partial charge in [-0.3, -0.25) is 4.79 Å². The fourth-order valence-corrected chi connectivity index (χ4v) is 2.32. The lowest BCUT2D eigenvalue weighted by Gasteiger charge is -2.06. The molecule has 2 N–H and O–H groups in total. The third-order valence-electron chi connectivity index (χ3n) is 2.26. The molecule has 1 aromatic carbocycles. The summed E-state index contributed by atoms with van der Waals surface area (Å²) in [7, 11) is -1.82. The minimum absolute atomic E-state index is 0.0239. The Hall–Kier alpha value is -1.25. The fourth-order valence-electron chi connectivity index (χ4n) is 1.43. The average Bonchev–Trinajstić information content (AvgIpc) is 2.29. The molecule has 2 atom stereocenters. The fraction of sp³-hybridized carbons (Fsp3) is 0.364. The quantitative estimate of drug-likeness (QED) is 0.743. The number of hydrogen-bond acceptors (Lipinski definition) is 3. The van der Waals surface area contributed by atoms with E-state index in [4.69, 9.17) is 10.2 Å². The second-order valence-corrected chi connectivity index (χ2v) is 5.14. The van der Waals surface area contributed by atoms with Gasteiger partial charge in [-0.1, -0.05) is 34.9 Å². The first kappa shape index (κ1) is 12.8. The topological polar surface area (TPSA) is 74.6 Å². The molecule has 16 heavy (non-hydrogen) atoms. The Labute approximate surface area is 94.7 Å². The van der Waals surface area contributed by atoms with Gasteiger partial charge < -0.3 is 10.2 Å². The molecule has 0 aliphatic carbocycles. The Kier molecular flexibility index (Phi) is 5.09. The summed E-state index contributed by atoms with van der Waals surface area (Å²) in [4.78, 5) is 10.9. The van der Waals surface area contributed by atoms with Crippen LogP contribution in [0.5, 0.6) is 0 Å². The van der Waals surface area contributed by atoms with Gasteiger partial charge in [0.2, 0.25) is 6.35 Å². The number of aliphatic hydroxyl groups is 1. The Morgan fingerprint density at radius 3 is 2.44 bits per heavy atom. The lowest BCUT2D eigenvalue weighted by Crippen LogP contribution is -2.19. The van der Waals surface area contributed by atoms with Crippen LogP contribution < -0.4 is 0 Å². The van der Waals surface area contributed by atoms with E-state index in [2.05, 4.69) is 0 Å². The summed E-state index contributed by atoms with van der Waals surface area (Å²) in [6.45, 7) is 0. The van der Waals surface area contributed by atoms with Crippen LogP contribution in [0.25, 0.3) is 0 Å². The highest BCUT2D eigenvalue weighted by Gasteiger charge is 2.28. The van der Waals surface area contributed by atoms with Crippen LogP contribution in [0.2, 0.25) is 0 Å². The predicted molar refractivity (Wildman–Crippen MR) is 60.8 cm³/mol. The van der Waals surface area contributed by atoms with Gasteiger partial charge in [-0.05, 0) is 12.0 Å². The van der Waals surface area contributed by atoms with Crippen molar-refractivity contribution >= 4 is 13.8 Å². The molecule has 0 aromatic heterocycles. The molecule has 0 amide bonds. The number of aliphatic hydroxyl groups excluding tert-OH is 1. The minimum atomic E-state index is -1.82. The van der Waals surface area contributed by atoms with E-state index in [9.17, 15) is 9.36 Å². The highest BCUT2D eigenvalue weighted by molar-refractivity contribution is 7.44. The molecule has 0 saturated carbocycles. The zero-order valence-electron chi connectivity index (χ0n) is 8.74. The lowest BCUT2D eigenvalue weighted by molar-refractivity contribution is -0.140. The molecular weight excluding hydrogens is 227 g/mol. The highest BCUT2D eigenvalue weighted by atomic mass is 31.1. The number of hydrogen-bond donors (Lipinski definition) is 2. The third kappa shape index (κ3) is 4.09. The zero-order chi connectivity index (χ0) is 12.0. The molecule has 0 bridgehead atoms. The van der Waals surface area contributed by atoms with Crippen molar-refractivity contribution in [3.63, 3.8) is 0 Å². The standard InChI is InChI=1S/C11H13O4P/c12-8-16(15)7-10(11(13)14)6-9-4-2-1-3-5-9/h1-5,10,12H,6-8H2/p+1. The zero-order valence-corrected chi connectivity index (χ0v) is 9.64. The summed E-state index contributed by atoms with van der Waals surface area (Å²) >= 11 is 0. The van der Waals surface area contributed by atoms with E-state index in [1.54, 1.807) is 0 Å². The van der Waals surface area contributed by atoms with Gasteiger partial charge in [0.15, 0.2) is 6.16 Å². The summed E-state index contributed by atoms with van der Waals surface area (Å²) in [6.07, 6.45) is -0.0821. The number of rotatable bonds is 6. The van der Waals surface area contributed by atoms with Crippen molar-refractivity contribution in [3.8, 4) is 0 Å². The van der Waals surface area contributed by atoms with E-state index >= 15 is 0 Å². The molecule has 0 radical (unpaired) electrons. The van der Waals surface area contributed by atoms with Gasteiger partial charge >= 0.3 is 13.8 Å². The Balaban J connectivity index is 2.65. The van der Waals surface area contributed by atoms with Gasteiger partial charge in [0.25, 0.3) is 0 Å². The van der Waals surface area contributed by atoms with Gasteiger partial charge in [-0.15, -0.1) is 0 Å². The molecule has 0 spiro atoms. The molecule has 1 aromatic rings. The van der Waals surface area contributed by atoms with Gasteiger partial charge in [0, 0.05) is 0 Å². The second-order valence-electron chi connectivity index (χ2n) is 3.53. The van der Waals surface area contributed by atoms with E-state index in [0.29, 0.717) is 6.42 Å². The largest absolute Gasteiger partial charge is 0.481 e. The van der Waals surface area contributed by atoms with Crippen molar-refractivity contribution in [2.24, 2.45) is 5.92 Å². The van der Waals surface area contributed by atoms with Crippen LogP contribution in [0.3, 0.4) is 0 Å². The van der Waals surface area contributed by atoms with Crippen molar-refractivity contribution in [1.29, 1.82) is 0 Å². The van der Waals surface area contributed by atoms with Gasteiger partial charge in [-0.2, -0.15) is 0 Å². The molecule has 2 unspecified atom stereocenters. The van der Waals surface area contributed by atoms with Crippen LogP contribution in [0.15, 0.2) is 30.3 Å². The molecular formula is C11H14O4P+. The molecule has 0 fully saturated rings. The monoisotopic (exact) mass is 241 g/mol. The van der Waals surface area contributed by atoms with Crippen molar-refractivity contribution in [2.75, 3.05) is 12.5 Å². The van der Waals surface area contributed by atoms with E-state index < -0.39 is 26.0 Å². The average molecular weight is 241 g/mol. The molecule has 0 saturated heterocycles. The predicted octanol–water partition coefficient (Wildman–Crippen LogP) is 1.71. The Bertz CT molecular complexity index is 364. The van der Waals surface area contributed by atoms with Crippen LogP contribution >= 0.6 is 7.80 Å². The van der Waals surface area contributed by atoms with Gasteiger partial charge in [-0.25, -0.2) is 0 Å². The van der Waals surface area contributed by atoms with Crippen LogP contribution in [-0.2, 0) is 15.8 Å². The molecule has 0 aliphatic rings. The van der Waals surface area contributed by atoms with Crippen LogP contribution in [0.4, 0.5) is 0 Å². The van der Waals surface area contributed by atoms with Gasteiger partial charge in [0.1, 0.15) is 5.92 Å². The maximum atomic E-state index is 11.2. The van der Waals surface area contributed by atoms with E-state index in [1.807, 2.05) is 30.3 Å². The van der Waals surface area contributed by atoms with Crippen LogP contribution in [0, 0.1) is 5.92 Å². The second kappa shape index (κ2) is 6.36. The first-order valence-electron chi connectivity index (χ1n) is 4.93. The molecule has 0 heterocycles. The molecule has 0 aliphatic heterocycles. The first-order chi connectivity index (χ1) is 7.63. The van der Waals surface area contributed by atoms with Gasteiger partial charge in [0.05, 0.1) is 0 Å². The number of carboxylic acid groups (broad SMARTS) is 1.